The number of hydrogen-bond donors (Lipinski definition) is 2. The number of aliphatic hydroxyl groups excluding tert-OH is 1. The molecule has 0 fully saturated rings. The van der Waals surface area contributed by atoms with E-state index in [1.165, 1.54) is 12.1 Å². The molecule has 18 heavy (non-hydrogen) atoms. The highest BCUT2D eigenvalue weighted by atomic mass is 79.9. The number of nitro groups is 1. The van der Waals surface area contributed by atoms with Crippen LogP contribution in [0.25, 0.3) is 0 Å². The lowest BCUT2D eigenvalue weighted by molar-refractivity contribution is -0.384. The molecule has 0 aliphatic heterocycles. The van der Waals surface area contributed by atoms with Crippen molar-refractivity contribution in [1.29, 1.82) is 0 Å². The van der Waals surface area contributed by atoms with E-state index in [1.54, 1.807) is 6.07 Å². The maximum atomic E-state index is 10.6. The first-order chi connectivity index (χ1) is 8.21. The first-order valence-corrected chi connectivity index (χ1v) is 6.37. The SMILES string of the molecule is CC(C)(C)C(O)CNc1ccc([N+](=O)[O-])cc1Br. The molecule has 5 nitrogen and oxygen atoms in total. The van der Waals surface area contributed by atoms with Crippen LogP contribution < -0.4 is 5.32 Å². The van der Waals surface area contributed by atoms with Crippen molar-refractivity contribution in [3.8, 4) is 0 Å². The molecular weight excluding hydrogens is 300 g/mol. The summed E-state index contributed by atoms with van der Waals surface area (Å²) in [6.07, 6.45) is -0.500. The van der Waals surface area contributed by atoms with Gasteiger partial charge in [0.05, 0.1) is 11.0 Å². The minimum Gasteiger partial charge on any atom is -0.391 e. The third-order valence-electron chi connectivity index (χ3n) is 2.65. The van der Waals surface area contributed by atoms with E-state index < -0.39 is 11.0 Å². The van der Waals surface area contributed by atoms with Gasteiger partial charge in [-0.1, -0.05) is 20.8 Å². The monoisotopic (exact) mass is 316 g/mol. The quantitative estimate of drug-likeness (QED) is 0.660. The van der Waals surface area contributed by atoms with Crippen LogP contribution in [0.4, 0.5) is 11.4 Å². The summed E-state index contributed by atoms with van der Waals surface area (Å²) in [4.78, 5) is 10.1. The highest BCUT2D eigenvalue weighted by Crippen LogP contribution is 2.28. The van der Waals surface area contributed by atoms with E-state index in [1.807, 2.05) is 20.8 Å². The summed E-state index contributed by atoms with van der Waals surface area (Å²) in [5.41, 5.74) is 0.549. The van der Waals surface area contributed by atoms with Crippen LogP contribution in [0.15, 0.2) is 22.7 Å². The maximum absolute atomic E-state index is 10.6. The lowest BCUT2D eigenvalue weighted by atomic mass is 9.89. The summed E-state index contributed by atoms with van der Waals surface area (Å²) in [6.45, 7) is 6.23. The van der Waals surface area contributed by atoms with Gasteiger partial charge in [0.2, 0.25) is 0 Å². The molecule has 1 rings (SSSR count). The van der Waals surface area contributed by atoms with E-state index in [9.17, 15) is 15.2 Å². The van der Waals surface area contributed by atoms with Crippen molar-refractivity contribution in [2.24, 2.45) is 5.41 Å². The van der Waals surface area contributed by atoms with Gasteiger partial charge in [-0.25, -0.2) is 0 Å². The van der Waals surface area contributed by atoms with Gasteiger partial charge in [-0.05, 0) is 27.4 Å². The largest absolute Gasteiger partial charge is 0.391 e. The predicted molar refractivity (Wildman–Crippen MR) is 74.7 cm³/mol. The summed E-state index contributed by atoms with van der Waals surface area (Å²) in [5.74, 6) is 0. The van der Waals surface area contributed by atoms with Crippen molar-refractivity contribution >= 4 is 27.3 Å². The third kappa shape index (κ3) is 3.96. The summed E-state index contributed by atoms with van der Waals surface area (Å²) < 4.78 is 0.609. The average molecular weight is 317 g/mol. The molecule has 0 saturated carbocycles. The molecule has 0 spiro atoms. The Bertz CT molecular complexity index is 443. The Hall–Kier alpha value is -1.14. The standard InChI is InChI=1S/C12H17BrN2O3/c1-12(2,3)11(16)7-14-10-5-4-8(15(17)18)6-9(10)13/h4-6,11,14,16H,7H2,1-3H3. The summed E-state index contributed by atoms with van der Waals surface area (Å²) in [7, 11) is 0. The highest BCUT2D eigenvalue weighted by Gasteiger charge is 2.22. The first-order valence-electron chi connectivity index (χ1n) is 5.57. The molecule has 1 unspecified atom stereocenters. The number of nitro benzene ring substituents is 1. The van der Waals surface area contributed by atoms with Crippen LogP contribution in [0.5, 0.6) is 0 Å². The summed E-state index contributed by atoms with van der Waals surface area (Å²) >= 11 is 3.27. The molecule has 1 aromatic carbocycles. The molecular formula is C12H17BrN2O3. The minimum absolute atomic E-state index is 0.0313. The third-order valence-corrected chi connectivity index (χ3v) is 3.31. The van der Waals surface area contributed by atoms with Crippen LogP contribution in [0.2, 0.25) is 0 Å². The van der Waals surface area contributed by atoms with E-state index in [2.05, 4.69) is 21.2 Å². The Balaban J connectivity index is 2.72. The average Bonchev–Trinajstić information content (AvgIpc) is 2.25. The van der Waals surface area contributed by atoms with Crippen LogP contribution in [-0.4, -0.2) is 22.7 Å². The smallest absolute Gasteiger partial charge is 0.270 e. The van der Waals surface area contributed by atoms with E-state index >= 15 is 0 Å². The lowest BCUT2D eigenvalue weighted by Crippen LogP contribution is -2.32. The van der Waals surface area contributed by atoms with Crippen molar-refractivity contribution < 1.29 is 10.0 Å². The second kappa shape index (κ2) is 5.67. The van der Waals surface area contributed by atoms with Crippen LogP contribution in [0, 0.1) is 15.5 Å². The first kappa shape index (κ1) is 14.9. The number of halogens is 1. The molecule has 0 bridgehead atoms. The normalized spacial score (nSPS) is 13.2. The number of nitrogens with one attached hydrogen (secondary N) is 1. The van der Waals surface area contributed by atoms with Crippen molar-refractivity contribution in [1.82, 2.24) is 0 Å². The second-order valence-corrected chi connectivity index (χ2v) is 6.04. The molecule has 0 aliphatic rings. The predicted octanol–water partition coefficient (Wildman–Crippen LogP) is 3.18. The van der Waals surface area contributed by atoms with Gasteiger partial charge in [0.25, 0.3) is 5.69 Å². The van der Waals surface area contributed by atoms with Crippen molar-refractivity contribution in [2.45, 2.75) is 26.9 Å². The van der Waals surface area contributed by atoms with Crippen LogP contribution >= 0.6 is 15.9 Å². The maximum Gasteiger partial charge on any atom is 0.270 e. The fourth-order valence-corrected chi connectivity index (χ4v) is 1.78. The molecule has 1 atom stereocenters. The van der Waals surface area contributed by atoms with Crippen LogP contribution in [0.1, 0.15) is 20.8 Å². The summed E-state index contributed by atoms with van der Waals surface area (Å²) in [6, 6.07) is 4.49. The fraction of sp³-hybridized carbons (Fsp3) is 0.500. The number of benzene rings is 1. The number of nitrogens with zero attached hydrogens (tertiary/aromatic N) is 1. The molecule has 0 saturated heterocycles. The topological polar surface area (TPSA) is 75.4 Å². The number of rotatable bonds is 4. The van der Waals surface area contributed by atoms with Gasteiger partial charge in [0.15, 0.2) is 0 Å². The van der Waals surface area contributed by atoms with Crippen molar-refractivity contribution in [3.63, 3.8) is 0 Å². The number of non-ortho nitro benzene ring substituents is 1. The molecule has 6 heteroatoms. The zero-order valence-electron chi connectivity index (χ0n) is 10.6. The molecule has 0 heterocycles. The van der Waals surface area contributed by atoms with Gasteiger partial charge >= 0.3 is 0 Å². The molecule has 2 N–H and O–H groups in total. The number of hydrogen-bond acceptors (Lipinski definition) is 4. The Kier molecular flexibility index (Phi) is 4.70. The van der Waals surface area contributed by atoms with Gasteiger partial charge in [0.1, 0.15) is 0 Å². The number of anilines is 1. The molecule has 0 amide bonds. The minimum atomic E-state index is -0.500. The van der Waals surface area contributed by atoms with E-state index in [-0.39, 0.29) is 11.1 Å². The molecule has 0 aromatic heterocycles. The Labute approximate surface area is 114 Å². The fourth-order valence-electron chi connectivity index (χ4n) is 1.27. The van der Waals surface area contributed by atoms with Gasteiger partial charge in [0, 0.05) is 28.8 Å². The lowest BCUT2D eigenvalue weighted by Gasteiger charge is -2.26. The van der Waals surface area contributed by atoms with Crippen molar-refractivity contribution in [3.05, 3.63) is 32.8 Å². The highest BCUT2D eigenvalue weighted by molar-refractivity contribution is 9.10. The molecule has 0 radical (unpaired) electrons. The molecule has 100 valence electrons. The molecule has 0 aliphatic carbocycles. The zero-order chi connectivity index (χ0) is 13.9. The Morgan fingerprint density at radius 1 is 1.50 bits per heavy atom. The van der Waals surface area contributed by atoms with Gasteiger partial charge in [-0.15, -0.1) is 0 Å². The van der Waals surface area contributed by atoms with Crippen LogP contribution in [-0.2, 0) is 0 Å². The van der Waals surface area contributed by atoms with Gasteiger partial charge in [-0.2, -0.15) is 0 Å². The summed E-state index contributed by atoms with van der Waals surface area (Å²) in [5, 5.41) is 23.5. The van der Waals surface area contributed by atoms with E-state index in [0.29, 0.717) is 11.0 Å². The van der Waals surface area contributed by atoms with Gasteiger partial charge < -0.3 is 10.4 Å². The Morgan fingerprint density at radius 2 is 2.11 bits per heavy atom. The Morgan fingerprint density at radius 3 is 2.56 bits per heavy atom. The van der Waals surface area contributed by atoms with Crippen molar-refractivity contribution in [2.75, 3.05) is 11.9 Å². The zero-order valence-corrected chi connectivity index (χ0v) is 12.2. The van der Waals surface area contributed by atoms with Crippen LogP contribution in [0.3, 0.4) is 0 Å². The molecule has 1 aromatic rings. The van der Waals surface area contributed by atoms with E-state index in [0.717, 1.165) is 5.69 Å². The van der Waals surface area contributed by atoms with E-state index in [4.69, 9.17) is 0 Å². The second-order valence-electron chi connectivity index (χ2n) is 5.18. The number of aliphatic hydroxyl groups is 1. The van der Waals surface area contributed by atoms with Gasteiger partial charge in [-0.3, -0.25) is 10.1 Å².